The SMILES string of the molecule is COCCN1CCN(CCNC(O)N(Cc2ccc(-c3nnc(C)o3)cc2F)c2ccccc2)CC1. The number of benzene rings is 2. The molecule has 0 saturated carbocycles. The van der Waals surface area contributed by atoms with Crippen LogP contribution in [0.3, 0.4) is 0 Å². The molecule has 1 fully saturated rings. The Labute approximate surface area is 211 Å². The van der Waals surface area contributed by atoms with Gasteiger partial charge in [0.1, 0.15) is 5.82 Å². The van der Waals surface area contributed by atoms with E-state index in [9.17, 15) is 5.11 Å². The average Bonchev–Trinajstić information content (AvgIpc) is 3.34. The molecule has 0 aliphatic carbocycles. The van der Waals surface area contributed by atoms with E-state index in [1.165, 1.54) is 6.07 Å². The van der Waals surface area contributed by atoms with E-state index in [-0.39, 0.29) is 12.4 Å². The number of hydrogen-bond acceptors (Lipinski definition) is 9. The summed E-state index contributed by atoms with van der Waals surface area (Å²) in [6, 6.07) is 14.3. The number of para-hydroxylation sites is 1. The van der Waals surface area contributed by atoms with Crippen LogP contribution in [0.2, 0.25) is 0 Å². The van der Waals surface area contributed by atoms with Gasteiger partial charge in [0.05, 0.1) is 6.61 Å². The molecule has 3 aromatic rings. The zero-order chi connectivity index (χ0) is 25.3. The number of aromatic nitrogens is 2. The first kappa shape index (κ1) is 26.2. The van der Waals surface area contributed by atoms with Crippen molar-refractivity contribution in [3.63, 3.8) is 0 Å². The lowest BCUT2D eigenvalue weighted by atomic mass is 10.1. The van der Waals surface area contributed by atoms with Gasteiger partial charge in [-0.1, -0.05) is 24.3 Å². The molecule has 36 heavy (non-hydrogen) atoms. The molecule has 1 aliphatic rings. The predicted octanol–water partition coefficient (Wildman–Crippen LogP) is 2.32. The monoisotopic (exact) mass is 498 g/mol. The van der Waals surface area contributed by atoms with Gasteiger partial charge in [-0.25, -0.2) is 4.39 Å². The molecule has 194 valence electrons. The largest absolute Gasteiger partial charge is 0.421 e. The average molecular weight is 499 g/mol. The van der Waals surface area contributed by atoms with E-state index in [1.54, 1.807) is 31.1 Å². The fourth-order valence-corrected chi connectivity index (χ4v) is 4.26. The van der Waals surface area contributed by atoms with Crippen LogP contribution in [0.15, 0.2) is 52.9 Å². The quantitative estimate of drug-likeness (QED) is 0.365. The number of hydrogen-bond donors (Lipinski definition) is 2. The number of aliphatic hydroxyl groups excluding tert-OH is 1. The summed E-state index contributed by atoms with van der Waals surface area (Å²) in [4.78, 5) is 6.53. The zero-order valence-electron chi connectivity index (χ0n) is 20.9. The van der Waals surface area contributed by atoms with E-state index < -0.39 is 12.2 Å². The number of piperazine rings is 1. The fraction of sp³-hybridized carbons (Fsp3) is 0.462. The van der Waals surface area contributed by atoms with Crippen LogP contribution in [0.4, 0.5) is 10.1 Å². The van der Waals surface area contributed by atoms with E-state index >= 15 is 4.39 Å². The van der Waals surface area contributed by atoms with E-state index in [0.717, 1.165) is 51.6 Å². The summed E-state index contributed by atoms with van der Waals surface area (Å²) in [5.74, 6) is 0.300. The lowest BCUT2D eigenvalue weighted by Crippen LogP contribution is -2.51. The molecule has 1 unspecified atom stereocenters. The molecule has 2 N–H and O–H groups in total. The van der Waals surface area contributed by atoms with Gasteiger partial charge in [0, 0.05) is 83.2 Å². The maximum Gasteiger partial charge on any atom is 0.247 e. The maximum atomic E-state index is 15.0. The number of methoxy groups -OCH3 is 1. The first-order valence-corrected chi connectivity index (χ1v) is 12.3. The van der Waals surface area contributed by atoms with Crippen molar-refractivity contribution in [1.29, 1.82) is 0 Å². The summed E-state index contributed by atoms with van der Waals surface area (Å²) < 4.78 is 25.6. The van der Waals surface area contributed by atoms with E-state index in [2.05, 4.69) is 25.3 Å². The van der Waals surface area contributed by atoms with Crippen LogP contribution in [0.5, 0.6) is 0 Å². The molecular weight excluding hydrogens is 463 g/mol. The van der Waals surface area contributed by atoms with E-state index in [0.29, 0.717) is 23.6 Å². The van der Waals surface area contributed by atoms with Crippen molar-refractivity contribution >= 4 is 5.69 Å². The third kappa shape index (κ3) is 7.08. The third-order valence-corrected chi connectivity index (χ3v) is 6.38. The Morgan fingerprint density at radius 3 is 2.44 bits per heavy atom. The number of aliphatic hydroxyl groups is 1. The molecule has 0 amide bonds. The highest BCUT2D eigenvalue weighted by atomic mass is 19.1. The van der Waals surface area contributed by atoms with Gasteiger partial charge >= 0.3 is 0 Å². The lowest BCUT2D eigenvalue weighted by Gasteiger charge is -2.35. The minimum Gasteiger partial charge on any atom is -0.421 e. The summed E-state index contributed by atoms with van der Waals surface area (Å²) in [6.07, 6.45) is -0.979. The van der Waals surface area contributed by atoms with Crippen molar-refractivity contribution in [1.82, 2.24) is 25.3 Å². The van der Waals surface area contributed by atoms with Crippen LogP contribution in [0.1, 0.15) is 11.5 Å². The van der Waals surface area contributed by atoms with Gasteiger partial charge < -0.3 is 19.2 Å². The highest BCUT2D eigenvalue weighted by molar-refractivity contribution is 5.54. The number of aryl methyl sites for hydroxylation is 1. The van der Waals surface area contributed by atoms with Crippen molar-refractivity contribution in [3.8, 4) is 11.5 Å². The normalized spacial score (nSPS) is 15.8. The number of nitrogens with zero attached hydrogens (tertiary/aromatic N) is 5. The van der Waals surface area contributed by atoms with Gasteiger partial charge in [-0.05, 0) is 24.3 Å². The molecule has 2 aromatic carbocycles. The van der Waals surface area contributed by atoms with Crippen molar-refractivity contribution in [2.24, 2.45) is 0 Å². The second kappa shape index (κ2) is 12.9. The number of nitrogens with one attached hydrogen (secondary N) is 1. The Morgan fingerprint density at radius 1 is 1.08 bits per heavy atom. The Morgan fingerprint density at radius 2 is 1.81 bits per heavy atom. The number of anilines is 1. The molecule has 1 atom stereocenters. The molecule has 1 saturated heterocycles. The summed E-state index contributed by atoms with van der Waals surface area (Å²) in [7, 11) is 1.73. The van der Waals surface area contributed by atoms with Gasteiger partial charge in [-0.15, -0.1) is 10.2 Å². The molecule has 0 bridgehead atoms. The van der Waals surface area contributed by atoms with Crippen LogP contribution in [-0.4, -0.2) is 91.0 Å². The zero-order valence-corrected chi connectivity index (χ0v) is 20.9. The maximum absolute atomic E-state index is 15.0. The Balaban J connectivity index is 1.36. The molecule has 1 aromatic heterocycles. The first-order chi connectivity index (χ1) is 17.5. The fourth-order valence-electron chi connectivity index (χ4n) is 4.26. The lowest BCUT2D eigenvalue weighted by molar-refractivity contribution is 0.0893. The minimum atomic E-state index is -0.979. The topological polar surface area (TPSA) is 90.1 Å². The van der Waals surface area contributed by atoms with Crippen molar-refractivity contribution < 1.29 is 18.7 Å². The van der Waals surface area contributed by atoms with E-state index in [1.807, 2.05) is 30.3 Å². The summed E-state index contributed by atoms with van der Waals surface area (Å²) in [5, 5.41) is 22.0. The van der Waals surface area contributed by atoms with E-state index in [4.69, 9.17) is 9.15 Å². The van der Waals surface area contributed by atoms with Gasteiger partial charge in [0.25, 0.3) is 0 Å². The molecular formula is C26H35FN6O3. The standard InChI is InChI=1S/C26H35FN6O3/c1-20-29-30-25(36-20)21-8-9-22(24(27)18-21)19-33(23-6-4-3-5-7-23)26(34)28-10-11-31-12-14-32(15-13-31)16-17-35-2/h3-9,18,26,28,34H,10-17,19H2,1-2H3. The van der Waals surface area contributed by atoms with Crippen LogP contribution in [0.25, 0.3) is 11.5 Å². The Hall–Kier alpha value is -2.89. The molecule has 2 heterocycles. The smallest absolute Gasteiger partial charge is 0.247 e. The highest BCUT2D eigenvalue weighted by Crippen LogP contribution is 2.24. The Kier molecular flexibility index (Phi) is 9.37. The molecule has 4 rings (SSSR count). The van der Waals surface area contributed by atoms with Gasteiger partial charge in [0.2, 0.25) is 11.8 Å². The number of rotatable bonds is 12. The summed E-state index contributed by atoms with van der Waals surface area (Å²) in [5.41, 5.74) is 1.76. The van der Waals surface area contributed by atoms with Gasteiger partial charge in [0.15, 0.2) is 6.35 Å². The third-order valence-electron chi connectivity index (χ3n) is 6.38. The van der Waals surface area contributed by atoms with Gasteiger partial charge in [-0.2, -0.15) is 0 Å². The molecule has 10 heteroatoms. The minimum absolute atomic E-state index is 0.186. The summed E-state index contributed by atoms with van der Waals surface area (Å²) in [6.45, 7) is 9.03. The molecule has 0 spiro atoms. The molecule has 1 aliphatic heterocycles. The van der Waals surface area contributed by atoms with Crippen LogP contribution in [0, 0.1) is 12.7 Å². The van der Waals surface area contributed by atoms with Crippen LogP contribution < -0.4 is 10.2 Å². The highest BCUT2D eigenvalue weighted by Gasteiger charge is 2.20. The predicted molar refractivity (Wildman–Crippen MR) is 136 cm³/mol. The summed E-state index contributed by atoms with van der Waals surface area (Å²) >= 11 is 0. The first-order valence-electron chi connectivity index (χ1n) is 12.3. The Bertz CT molecular complexity index is 1070. The van der Waals surface area contributed by atoms with Crippen molar-refractivity contribution in [2.75, 3.05) is 64.4 Å². The number of halogens is 1. The van der Waals surface area contributed by atoms with Crippen molar-refractivity contribution in [2.45, 2.75) is 19.8 Å². The molecule has 0 radical (unpaired) electrons. The number of ether oxygens (including phenoxy) is 1. The van der Waals surface area contributed by atoms with Gasteiger partial charge in [-0.3, -0.25) is 15.1 Å². The second-order valence-electron chi connectivity index (χ2n) is 8.90. The van der Waals surface area contributed by atoms with Crippen LogP contribution in [-0.2, 0) is 11.3 Å². The second-order valence-corrected chi connectivity index (χ2v) is 8.90. The molecule has 9 nitrogen and oxygen atoms in total. The van der Waals surface area contributed by atoms with Crippen molar-refractivity contribution in [3.05, 3.63) is 65.8 Å². The van der Waals surface area contributed by atoms with Crippen LogP contribution >= 0.6 is 0 Å².